The van der Waals surface area contributed by atoms with Crippen LogP contribution in [0.25, 0.3) is 0 Å². The molecule has 0 amide bonds. The maximum absolute atomic E-state index is 4.41. The van der Waals surface area contributed by atoms with Crippen molar-refractivity contribution in [2.75, 3.05) is 14.1 Å². The summed E-state index contributed by atoms with van der Waals surface area (Å²) in [6, 6.07) is 8.92. The van der Waals surface area contributed by atoms with Crippen LogP contribution in [0.4, 0.5) is 0 Å². The second-order valence-corrected chi connectivity index (χ2v) is 5.95. The molecule has 0 radical (unpaired) electrons. The standard InChI is InChI=1S/C17H26N4/c1-13(17-12-21(5)19-14(17)2)18-10-15-8-6-7-9-16(15)11-20(3)4/h6-9,12-13,18H,10-11H2,1-5H3. The van der Waals surface area contributed by atoms with Gasteiger partial charge in [0, 0.05) is 37.9 Å². The molecule has 2 aromatic rings. The number of hydrogen-bond acceptors (Lipinski definition) is 3. The first-order chi connectivity index (χ1) is 9.97. The molecule has 4 nitrogen and oxygen atoms in total. The summed E-state index contributed by atoms with van der Waals surface area (Å²) in [4.78, 5) is 2.20. The van der Waals surface area contributed by atoms with Crippen molar-refractivity contribution < 1.29 is 0 Å². The van der Waals surface area contributed by atoms with Crippen molar-refractivity contribution in [1.29, 1.82) is 0 Å². The first-order valence-corrected chi connectivity index (χ1v) is 7.42. The summed E-state index contributed by atoms with van der Waals surface area (Å²) in [5, 5.41) is 8.03. The van der Waals surface area contributed by atoms with Crippen molar-refractivity contribution in [3.63, 3.8) is 0 Å². The lowest BCUT2D eigenvalue weighted by atomic mass is 10.1. The molecule has 0 saturated heterocycles. The minimum absolute atomic E-state index is 0.297. The van der Waals surface area contributed by atoms with Crippen LogP contribution >= 0.6 is 0 Å². The van der Waals surface area contributed by atoms with Gasteiger partial charge in [0.2, 0.25) is 0 Å². The maximum Gasteiger partial charge on any atom is 0.0641 e. The molecule has 1 atom stereocenters. The van der Waals surface area contributed by atoms with Crippen LogP contribution < -0.4 is 5.32 Å². The zero-order valence-corrected chi connectivity index (χ0v) is 13.7. The van der Waals surface area contributed by atoms with Gasteiger partial charge in [-0.05, 0) is 39.1 Å². The Kier molecular flexibility index (Phi) is 5.15. The van der Waals surface area contributed by atoms with Gasteiger partial charge < -0.3 is 10.2 Å². The van der Waals surface area contributed by atoms with Gasteiger partial charge in [0.25, 0.3) is 0 Å². The highest BCUT2D eigenvalue weighted by Crippen LogP contribution is 2.17. The number of hydrogen-bond donors (Lipinski definition) is 1. The van der Waals surface area contributed by atoms with Gasteiger partial charge in [0.05, 0.1) is 5.69 Å². The molecule has 1 heterocycles. The van der Waals surface area contributed by atoms with Crippen LogP contribution in [0.5, 0.6) is 0 Å². The summed E-state index contributed by atoms with van der Waals surface area (Å²) >= 11 is 0. The third-order valence-electron chi connectivity index (χ3n) is 3.72. The monoisotopic (exact) mass is 286 g/mol. The number of aryl methyl sites for hydroxylation is 2. The number of benzene rings is 1. The average Bonchev–Trinajstić information content (AvgIpc) is 2.76. The molecule has 21 heavy (non-hydrogen) atoms. The van der Waals surface area contributed by atoms with E-state index in [1.165, 1.54) is 16.7 Å². The highest BCUT2D eigenvalue weighted by atomic mass is 15.3. The Morgan fingerprint density at radius 3 is 2.48 bits per heavy atom. The Hall–Kier alpha value is -1.65. The van der Waals surface area contributed by atoms with Gasteiger partial charge in [-0.3, -0.25) is 4.68 Å². The summed E-state index contributed by atoms with van der Waals surface area (Å²) in [5.74, 6) is 0. The van der Waals surface area contributed by atoms with Crippen molar-refractivity contribution in [3.8, 4) is 0 Å². The van der Waals surface area contributed by atoms with Gasteiger partial charge in [-0.1, -0.05) is 24.3 Å². The molecule has 1 aromatic carbocycles. The van der Waals surface area contributed by atoms with E-state index in [2.05, 4.69) is 73.7 Å². The molecule has 1 unspecified atom stereocenters. The fourth-order valence-corrected chi connectivity index (χ4v) is 2.64. The quantitative estimate of drug-likeness (QED) is 0.886. The second-order valence-electron chi connectivity index (χ2n) is 5.95. The van der Waals surface area contributed by atoms with Crippen molar-refractivity contribution in [2.45, 2.75) is 33.0 Å². The lowest BCUT2D eigenvalue weighted by Crippen LogP contribution is -2.20. The molecule has 0 aliphatic heterocycles. The molecule has 0 aliphatic rings. The SMILES string of the molecule is Cc1nn(C)cc1C(C)NCc1ccccc1CN(C)C. The Balaban J connectivity index is 2.04. The molecule has 0 saturated carbocycles. The first-order valence-electron chi connectivity index (χ1n) is 7.42. The van der Waals surface area contributed by atoms with Crippen LogP contribution in [-0.2, 0) is 20.1 Å². The van der Waals surface area contributed by atoms with Crippen LogP contribution in [0.15, 0.2) is 30.5 Å². The number of nitrogens with zero attached hydrogens (tertiary/aromatic N) is 3. The van der Waals surface area contributed by atoms with Crippen LogP contribution in [0, 0.1) is 6.92 Å². The molecule has 1 N–H and O–H groups in total. The predicted octanol–water partition coefficient (Wildman–Crippen LogP) is 2.64. The molecule has 0 bridgehead atoms. The van der Waals surface area contributed by atoms with Crippen LogP contribution in [0.3, 0.4) is 0 Å². The van der Waals surface area contributed by atoms with Crippen LogP contribution in [0.2, 0.25) is 0 Å². The first kappa shape index (κ1) is 15.7. The minimum atomic E-state index is 0.297. The highest BCUT2D eigenvalue weighted by Gasteiger charge is 2.12. The molecular weight excluding hydrogens is 260 g/mol. The summed E-state index contributed by atoms with van der Waals surface area (Å²) in [5.41, 5.74) is 5.10. The van der Waals surface area contributed by atoms with Gasteiger partial charge >= 0.3 is 0 Å². The van der Waals surface area contributed by atoms with Gasteiger partial charge in [0.1, 0.15) is 0 Å². The smallest absolute Gasteiger partial charge is 0.0641 e. The van der Waals surface area contributed by atoms with E-state index in [0.29, 0.717) is 6.04 Å². The molecule has 1 aromatic heterocycles. The van der Waals surface area contributed by atoms with Crippen molar-refractivity contribution in [2.24, 2.45) is 7.05 Å². The van der Waals surface area contributed by atoms with E-state index in [4.69, 9.17) is 0 Å². The van der Waals surface area contributed by atoms with Gasteiger partial charge in [-0.25, -0.2) is 0 Å². The fraction of sp³-hybridized carbons (Fsp3) is 0.471. The number of nitrogens with one attached hydrogen (secondary N) is 1. The number of aromatic nitrogens is 2. The van der Waals surface area contributed by atoms with E-state index in [9.17, 15) is 0 Å². The zero-order chi connectivity index (χ0) is 15.4. The van der Waals surface area contributed by atoms with Crippen LogP contribution in [0.1, 0.15) is 35.3 Å². The summed E-state index contributed by atoms with van der Waals surface area (Å²) in [6.45, 7) is 6.10. The minimum Gasteiger partial charge on any atom is -0.306 e. The topological polar surface area (TPSA) is 33.1 Å². The third kappa shape index (κ3) is 4.16. The van der Waals surface area contributed by atoms with Crippen LogP contribution in [-0.4, -0.2) is 28.8 Å². The average molecular weight is 286 g/mol. The van der Waals surface area contributed by atoms with E-state index >= 15 is 0 Å². The van der Waals surface area contributed by atoms with E-state index in [1.807, 2.05) is 11.7 Å². The van der Waals surface area contributed by atoms with Crippen molar-refractivity contribution in [1.82, 2.24) is 20.0 Å². The van der Waals surface area contributed by atoms with E-state index in [0.717, 1.165) is 18.8 Å². The lowest BCUT2D eigenvalue weighted by Gasteiger charge is -2.17. The molecular formula is C17H26N4. The van der Waals surface area contributed by atoms with Gasteiger partial charge in [0.15, 0.2) is 0 Å². The lowest BCUT2D eigenvalue weighted by molar-refractivity contribution is 0.400. The molecule has 0 fully saturated rings. The molecule has 0 spiro atoms. The number of rotatable bonds is 6. The largest absolute Gasteiger partial charge is 0.306 e. The Bertz CT molecular complexity index is 586. The van der Waals surface area contributed by atoms with Crippen molar-refractivity contribution >= 4 is 0 Å². The molecule has 114 valence electrons. The zero-order valence-electron chi connectivity index (χ0n) is 13.7. The van der Waals surface area contributed by atoms with Gasteiger partial charge in [-0.2, -0.15) is 5.10 Å². The van der Waals surface area contributed by atoms with E-state index < -0.39 is 0 Å². The summed E-state index contributed by atoms with van der Waals surface area (Å²) in [7, 11) is 6.17. The molecule has 4 heteroatoms. The molecule has 0 aliphatic carbocycles. The summed E-state index contributed by atoms with van der Waals surface area (Å²) in [6.07, 6.45) is 2.10. The Morgan fingerprint density at radius 1 is 1.24 bits per heavy atom. The fourth-order valence-electron chi connectivity index (χ4n) is 2.64. The van der Waals surface area contributed by atoms with E-state index in [-0.39, 0.29) is 0 Å². The Labute approximate surface area is 127 Å². The van der Waals surface area contributed by atoms with E-state index in [1.54, 1.807) is 0 Å². The highest BCUT2D eigenvalue weighted by molar-refractivity contribution is 5.27. The summed E-state index contributed by atoms with van der Waals surface area (Å²) < 4.78 is 1.88. The maximum atomic E-state index is 4.41. The normalized spacial score (nSPS) is 12.9. The van der Waals surface area contributed by atoms with Crippen molar-refractivity contribution in [3.05, 3.63) is 52.8 Å². The predicted molar refractivity (Wildman–Crippen MR) is 87.0 cm³/mol. The van der Waals surface area contributed by atoms with Gasteiger partial charge in [-0.15, -0.1) is 0 Å². The Morgan fingerprint density at radius 2 is 1.90 bits per heavy atom. The third-order valence-corrected chi connectivity index (χ3v) is 3.72. The second kappa shape index (κ2) is 6.87. The molecule has 2 rings (SSSR count).